The summed E-state index contributed by atoms with van der Waals surface area (Å²) in [4.78, 5) is 42.1. The second kappa shape index (κ2) is 16.0. The molecule has 12 nitrogen and oxygen atoms in total. The largest absolute Gasteiger partial charge is 0.377 e. The normalized spacial score (nSPS) is 26.6. The molecule has 0 unspecified atom stereocenters. The summed E-state index contributed by atoms with van der Waals surface area (Å²) in [5, 5.41) is 0. The van der Waals surface area contributed by atoms with Gasteiger partial charge < -0.3 is 43.1 Å². The third-order valence-electron chi connectivity index (χ3n) is 4.94. The Kier molecular flexibility index (Phi) is 14.2. The van der Waals surface area contributed by atoms with Crippen LogP contribution in [0, 0.1) is 0 Å². The predicted octanol–water partition coefficient (Wildman–Crippen LogP) is -1.14. The van der Waals surface area contributed by atoms with Crippen molar-refractivity contribution in [1.82, 2.24) is 14.7 Å². The second-order valence-electron chi connectivity index (χ2n) is 8.37. The van der Waals surface area contributed by atoms with Gasteiger partial charge in [-0.3, -0.25) is 14.4 Å². The van der Waals surface area contributed by atoms with Crippen LogP contribution < -0.4 is 0 Å². The van der Waals surface area contributed by atoms with Gasteiger partial charge in [0, 0.05) is 42.3 Å². The van der Waals surface area contributed by atoms with Crippen molar-refractivity contribution in [3.8, 4) is 0 Å². The number of ether oxygens (including phenoxy) is 6. The molecular weight excluding hydrogens is 450 g/mol. The molecule has 1 rings (SSSR count). The molecule has 34 heavy (non-hydrogen) atoms. The molecule has 0 radical (unpaired) electrons. The van der Waals surface area contributed by atoms with E-state index >= 15 is 0 Å². The highest BCUT2D eigenvalue weighted by Gasteiger charge is 2.37. The van der Waals surface area contributed by atoms with Crippen molar-refractivity contribution in [2.24, 2.45) is 0 Å². The molecule has 1 saturated heterocycles. The number of hydrogen-bond donors (Lipinski definition) is 0. The zero-order valence-electron chi connectivity index (χ0n) is 21.5. The molecule has 0 aromatic rings. The topological polar surface area (TPSA) is 116 Å². The Morgan fingerprint density at radius 1 is 0.500 bits per heavy atom. The minimum absolute atomic E-state index is 0.0564. The van der Waals surface area contributed by atoms with Gasteiger partial charge in [-0.05, 0) is 6.92 Å². The number of likely N-dealkylation sites (N-methyl/N-ethyl adjacent to an activating group) is 3. The van der Waals surface area contributed by atoms with Crippen LogP contribution in [0.5, 0.6) is 0 Å². The maximum Gasteiger partial charge on any atom is 0.254 e. The first-order valence-corrected chi connectivity index (χ1v) is 11.3. The van der Waals surface area contributed by atoms with E-state index in [4.69, 9.17) is 28.4 Å². The summed E-state index contributed by atoms with van der Waals surface area (Å²) >= 11 is 0. The lowest BCUT2D eigenvalue weighted by Crippen LogP contribution is -2.52. The maximum absolute atomic E-state index is 12.8. The van der Waals surface area contributed by atoms with Crippen LogP contribution in [0.3, 0.4) is 0 Å². The van der Waals surface area contributed by atoms with Crippen LogP contribution >= 0.6 is 0 Å². The zero-order valence-corrected chi connectivity index (χ0v) is 21.5. The summed E-state index contributed by atoms with van der Waals surface area (Å²) < 4.78 is 34.0. The van der Waals surface area contributed by atoms with E-state index in [1.807, 2.05) is 0 Å². The highest BCUT2D eigenvalue weighted by molar-refractivity contribution is 5.90. The zero-order chi connectivity index (χ0) is 25.7. The molecule has 0 saturated carbocycles. The van der Waals surface area contributed by atoms with Gasteiger partial charge in [0.2, 0.25) is 0 Å². The number of hydrogen-bond acceptors (Lipinski definition) is 9. The number of nitrogens with zero attached hydrogens (tertiary/aromatic N) is 3. The van der Waals surface area contributed by atoms with Gasteiger partial charge in [-0.1, -0.05) is 0 Å². The Bertz CT molecular complexity index is 631. The average Bonchev–Trinajstić information content (AvgIpc) is 2.78. The molecule has 1 aliphatic rings. The van der Waals surface area contributed by atoms with Crippen LogP contribution in [0.4, 0.5) is 0 Å². The molecule has 4 atom stereocenters. The van der Waals surface area contributed by atoms with Crippen molar-refractivity contribution < 1.29 is 42.8 Å². The van der Waals surface area contributed by atoms with Gasteiger partial charge >= 0.3 is 0 Å². The first kappa shape index (κ1) is 30.2. The third kappa shape index (κ3) is 10.2. The SMILES string of the molecule is C[C@@H]1OCCOCCO[C@@H](C(=O)N(C)C)[C@H](C(=O)N(C)C)OCCOCCO[C@H]1C(=O)N(C)C. The van der Waals surface area contributed by atoms with Crippen LogP contribution in [-0.2, 0) is 42.8 Å². The van der Waals surface area contributed by atoms with E-state index in [1.165, 1.54) is 14.7 Å². The summed E-state index contributed by atoms with van der Waals surface area (Å²) in [5.41, 5.74) is 0. The standard InChI is InChI=1S/C22H41N3O9/c1-16-17(20(26)23(2)3)32-13-9-30-11-15-34-19(22(28)25(6)7)18(21(27)24(4)5)33-14-10-29-8-12-31-16/h16-19H,8-15H2,1-7H3/t16-,17+,18+,19+/m0/s1. The van der Waals surface area contributed by atoms with E-state index in [9.17, 15) is 14.4 Å². The quantitative estimate of drug-likeness (QED) is 0.483. The average molecular weight is 492 g/mol. The van der Waals surface area contributed by atoms with Crippen molar-refractivity contribution in [2.75, 3.05) is 95.1 Å². The van der Waals surface area contributed by atoms with E-state index in [-0.39, 0.29) is 58.8 Å². The lowest BCUT2D eigenvalue weighted by Gasteiger charge is -2.29. The molecule has 0 aromatic carbocycles. The van der Waals surface area contributed by atoms with Crippen molar-refractivity contribution >= 4 is 17.7 Å². The number of carbonyl (C=O) groups excluding carboxylic acids is 3. The van der Waals surface area contributed by atoms with Gasteiger partial charge in [-0.2, -0.15) is 0 Å². The molecule has 0 N–H and O–H groups in total. The summed E-state index contributed by atoms with van der Waals surface area (Å²) in [5.74, 6) is -0.995. The number of rotatable bonds is 3. The van der Waals surface area contributed by atoms with E-state index in [2.05, 4.69) is 0 Å². The minimum Gasteiger partial charge on any atom is -0.377 e. The molecule has 1 heterocycles. The molecule has 3 amide bonds. The Morgan fingerprint density at radius 3 is 1.15 bits per heavy atom. The highest BCUT2D eigenvalue weighted by atomic mass is 16.6. The van der Waals surface area contributed by atoms with Crippen molar-refractivity contribution in [3.63, 3.8) is 0 Å². The molecule has 0 aromatic heterocycles. The van der Waals surface area contributed by atoms with Crippen molar-refractivity contribution in [1.29, 1.82) is 0 Å². The van der Waals surface area contributed by atoms with Crippen LogP contribution in [0.15, 0.2) is 0 Å². The highest BCUT2D eigenvalue weighted by Crippen LogP contribution is 2.12. The van der Waals surface area contributed by atoms with Crippen LogP contribution in [0.25, 0.3) is 0 Å². The molecule has 1 fully saturated rings. The van der Waals surface area contributed by atoms with Gasteiger partial charge in [-0.15, -0.1) is 0 Å². The Labute approximate surface area is 202 Å². The first-order chi connectivity index (χ1) is 16.1. The number of amides is 3. The van der Waals surface area contributed by atoms with Gasteiger partial charge in [0.1, 0.15) is 0 Å². The lowest BCUT2D eigenvalue weighted by atomic mass is 10.1. The fourth-order valence-electron chi connectivity index (χ4n) is 3.03. The van der Waals surface area contributed by atoms with Gasteiger partial charge in [0.15, 0.2) is 18.3 Å². The predicted molar refractivity (Wildman–Crippen MR) is 122 cm³/mol. The molecule has 198 valence electrons. The van der Waals surface area contributed by atoms with E-state index in [0.717, 1.165) is 0 Å². The summed E-state index contributed by atoms with van der Waals surface area (Å²) in [6, 6.07) is 0. The maximum atomic E-state index is 12.8. The van der Waals surface area contributed by atoms with E-state index in [0.29, 0.717) is 0 Å². The monoisotopic (exact) mass is 491 g/mol. The fraction of sp³-hybridized carbons (Fsp3) is 0.864. The molecule has 1 aliphatic heterocycles. The van der Waals surface area contributed by atoms with Gasteiger partial charge in [0.25, 0.3) is 17.7 Å². The number of carbonyl (C=O) groups is 3. The molecule has 12 heteroatoms. The minimum atomic E-state index is -1.14. The second-order valence-corrected chi connectivity index (χ2v) is 8.37. The van der Waals surface area contributed by atoms with Gasteiger partial charge in [-0.25, -0.2) is 0 Å². The molecule has 0 spiro atoms. The summed E-state index contributed by atoms with van der Waals surface area (Å²) in [6.45, 7) is 3.09. The summed E-state index contributed by atoms with van der Waals surface area (Å²) in [7, 11) is 9.64. The summed E-state index contributed by atoms with van der Waals surface area (Å²) in [6.07, 6.45) is -3.55. The molecule has 0 bridgehead atoms. The fourth-order valence-corrected chi connectivity index (χ4v) is 3.03. The van der Waals surface area contributed by atoms with E-state index < -0.39 is 36.2 Å². The van der Waals surface area contributed by atoms with Crippen LogP contribution in [0.1, 0.15) is 6.92 Å². The van der Waals surface area contributed by atoms with E-state index in [1.54, 1.807) is 49.2 Å². The van der Waals surface area contributed by atoms with Crippen molar-refractivity contribution in [2.45, 2.75) is 31.3 Å². The van der Waals surface area contributed by atoms with Crippen LogP contribution in [-0.4, -0.2) is 152 Å². The smallest absolute Gasteiger partial charge is 0.254 e. The Morgan fingerprint density at radius 2 is 0.794 bits per heavy atom. The Balaban J connectivity index is 2.89. The Hall–Kier alpha value is -1.83. The lowest BCUT2D eigenvalue weighted by molar-refractivity contribution is -0.170. The molecular formula is C22H41N3O9. The third-order valence-corrected chi connectivity index (χ3v) is 4.94. The van der Waals surface area contributed by atoms with Gasteiger partial charge in [0.05, 0.1) is 59.0 Å². The van der Waals surface area contributed by atoms with Crippen LogP contribution in [0.2, 0.25) is 0 Å². The molecule has 0 aliphatic carbocycles. The van der Waals surface area contributed by atoms with Crippen molar-refractivity contribution in [3.05, 3.63) is 0 Å². The first-order valence-electron chi connectivity index (χ1n) is 11.3.